The summed E-state index contributed by atoms with van der Waals surface area (Å²) in [5.74, 6) is -0.317. The third-order valence-electron chi connectivity index (χ3n) is 3.17. The second-order valence-corrected chi connectivity index (χ2v) is 4.55. The zero-order chi connectivity index (χ0) is 15.5. The molecule has 3 aromatic rings. The minimum atomic E-state index is -1.02. The topological polar surface area (TPSA) is 76.7 Å². The van der Waals surface area contributed by atoms with Crippen LogP contribution in [0.5, 0.6) is 5.75 Å². The summed E-state index contributed by atoms with van der Waals surface area (Å²) in [4.78, 5) is 15.1. The molecule has 6 heteroatoms. The third kappa shape index (κ3) is 2.54. The van der Waals surface area contributed by atoms with Crippen LogP contribution in [0, 0.1) is 0 Å². The zero-order valence-electron chi connectivity index (χ0n) is 11.8. The third-order valence-corrected chi connectivity index (χ3v) is 3.17. The lowest BCUT2D eigenvalue weighted by Gasteiger charge is -2.02. The van der Waals surface area contributed by atoms with E-state index in [0.717, 1.165) is 11.6 Å². The number of aliphatic carboxylic acids is 1. The quantitative estimate of drug-likeness (QED) is 0.748. The fourth-order valence-corrected chi connectivity index (χ4v) is 2.20. The maximum absolute atomic E-state index is 10.8. The van der Waals surface area contributed by atoms with Crippen LogP contribution in [0.25, 0.3) is 23.0 Å². The van der Waals surface area contributed by atoms with Crippen molar-refractivity contribution < 1.29 is 14.6 Å². The molecular formula is C16H13N3O3. The number of carbonyl (C=O) groups is 1. The summed E-state index contributed by atoms with van der Waals surface area (Å²) in [7, 11) is 1.59. The lowest BCUT2D eigenvalue weighted by molar-refractivity contribution is -0.131. The number of aromatic nitrogens is 3. The van der Waals surface area contributed by atoms with Crippen molar-refractivity contribution in [2.45, 2.75) is 0 Å². The number of carboxylic acids is 1. The van der Waals surface area contributed by atoms with E-state index in [2.05, 4.69) is 10.1 Å². The molecule has 0 saturated carbocycles. The molecule has 22 heavy (non-hydrogen) atoms. The average Bonchev–Trinajstić information content (AvgIpc) is 2.91. The molecule has 0 aliphatic carbocycles. The van der Waals surface area contributed by atoms with Gasteiger partial charge in [0.1, 0.15) is 11.4 Å². The lowest BCUT2D eigenvalue weighted by atomic mass is 10.1. The van der Waals surface area contributed by atoms with E-state index >= 15 is 0 Å². The number of hydrogen-bond acceptors (Lipinski definition) is 4. The molecule has 0 spiro atoms. The van der Waals surface area contributed by atoms with E-state index in [1.54, 1.807) is 30.1 Å². The van der Waals surface area contributed by atoms with Gasteiger partial charge in [0.25, 0.3) is 0 Å². The fourth-order valence-electron chi connectivity index (χ4n) is 2.20. The Balaban J connectivity index is 2.23. The number of benzene rings is 1. The minimum absolute atomic E-state index is 0.595. The molecular weight excluding hydrogens is 282 g/mol. The molecule has 6 nitrogen and oxygen atoms in total. The van der Waals surface area contributed by atoms with Gasteiger partial charge in [0.05, 0.1) is 7.11 Å². The van der Waals surface area contributed by atoms with Crippen LogP contribution in [0.1, 0.15) is 5.56 Å². The average molecular weight is 295 g/mol. The van der Waals surface area contributed by atoms with Crippen LogP contribution in [0.15, 0.2) is 48.8 Å². The Bertz CT molecular complexity index is 868. The van der Waals surface area contributed by atoms with Gasteiger partial charge < -0.3 is 9.84 Å². The van der Waals surface area contributed by atoms with Crippen LogP contribution < -0.4 is 4.74 Å². The van der Waals surface area contributed by atoms with Crippen molar-refractivity contribution in [3.63, 3.8) is 0 Å². The number of carboxylic acid groups (broad SMARTS) is 1. The SMILES string of the molecule is COc1cccc(-c2nn3cccnc3c2/C=C/C(=O)O)c1. The van der Waals surface area contributed by atoms with E-state index in [1.165, 1.54) is 6.08 Å². The summed E-state index contributed by atoms with van der Waals surface area (Å²) in [5, 5.41) is 13.4. The molecule has 0 bridgehead atoms. The Kier molecular flexibility index (Phi) is 3.57. The second-order valence-electron chi connectivity index (χ2n) is 4.55. The molecule has 0 saturated heterocycles. The van der Waals surface area contributed by atoms with Crippen molar-refractivity contribution in [1.29, 1.82) is 0 Å². The molecule has 0 unspecified atom stereocenters. The van der Waals surface area contributed by atoms with Gasteiger partial charge in [-0.3, -0.25) is 0 Å². The van der Waals surface area contributed by atoms with Gasteiger partial charge in [-0.1, -0.05) is 12.1 Å². The minimum Gasteiger partial charge on any atom is -0.497 e. The van der Waals surface area contributed by atoms with Crippen LogP contribution in [-0.4, -0.2) is 32.8 Å². The molecule has 110 valence electrons. The number of methoxy groups -OCH3 is 1. The predicted octanol–water partition coefficient (Wildman–Crippen LogP) is 2.50. The molecule has 0 aliphatic heterocycles. The van der Waals surface area contributed by atoms with Gasteiger partial charge >= 0.3 is 5.97 Å². The normalized spacial score (nSPS) is 11.1. The molecule has 0 amide bonds. The van der Waals surface area contributed by atoms with Crippen molar-refractivity contribution in [2.75, 3.05) is 7.11 Å². The van der Waals surface area contributed by atoms with E-state index in [9.17, 15) is 4.79 Å². The molecule has 1 N–H and O–H groups in total. The number of fused-ring (bicyclic) bond motifs is 1. The molecule has 1 aromatic carbocycles. The van der Waals surface area contributed by atoms with E-state index in [1.807, 2.05) is 24.3 Å². The van der Waals surface area contributed by atoms with Crippen LogP contribution in [0.4, 0.5) is 0 Å². The number of rotatable bonds is 4. The van der Waals surface area contributed by atoms with Crippen LogP contribution >= 0.6 is 0 Å². The Morgan fingerprint density at radius 3 is 3.00 bits per heavy atom. The molecule has 0 atom stereocenters. The van der Waals surface area contributed by atoms with Gasteiger partial charge in [-0.15, -0.1) is 0 Å². The summed E-state index contributed by atoms with van der Waals surface area (Å²) >= 11 is 0. The second kappa shape index (κ2) is 5.69. The summed E-state index contributed by atoms with van der Waals surface area (Å²) in [5.41, 5.74) is 2.72. The van der Waals surface area contributed by atoms with E-state index < -0.39 is 5.97 Å². The first-order valence-corrected chi connectivity index (χ1v) is 6.58. The Labute approximate surface area is 126 Å². The van der Waals surface area contributed by atoms with Crippen LogP contribution in [-0.2, 0) is 4.79 Å². The van der Waals surface area contributed by atoms with Crippen molar-refractivity contribution in [3.05, 3.63) is 54.4 Å². The first kappa shape index (κ1) is 13.8. The largest absolute Gasteiger partial charge is 0.497 e. The van der Waals surface area contributed by atoms with Crippen molar-refractivity contribution in [3.8, 4) is 17.0 Å². The van der Waals surface area contributed by atoms with Gasteiger partial charge in [-0.25, -0.2) is 14.3 Å². The first-order chi connectivity index (χ1) is 10.7. The van der Waals surface area contributed by atoms with Gasteiger partial charge in [0, 0.05) is 29.6 Å². The highest BCUT2D eigenvalue weighted by atomic mass is 16.5. The molecule has 2 aromatic heterocycles. The number of nitrogens with zero attached hydrogens (tertiary/aromatic N) is 3. The van der Waals surface area contributed by atoms with Crippen LogP contribution in [0.3, 0.4) is 0 Å². The van der Waals surface area contributed by atoms with E-state index in [-0.39, 0.29) is 0 Å². The summed E-state index contributed by atoms with van der Waals surface area (Å²) < 4.78 is 6.85. The van der Waals surface area contributed by atoms with Gasteiger partial charge in [0.15, 0.2) is 5.65 Å². The van der Waals surface area contributed by atoms with Gasteiger partial charge in [-0.05, 0) is 24.3 Å². The zero-order valence-corrected chi connectivity index (χ0v) is 11.8. The number of hydrogen-bond donors (Lipinski definition) is 1. The van der Waals surface area contributed by atoms with Crippen LogP contribution in [0.2, 0.25) is 0 Å². The Hall–Kier alpha value is -3.15. The Morgan fingerprint density at radius 1 is 1.36 bits per heavy atom. The molecule has 0 aliphatic rings. The summed E-state index contributed by atoms with van der Waals surface area (Å²) in [6, 6.07) is 9.20. The maximum atomic E-state index is 10.8. The van der Waals surface area contributed by atoms with E-state index in [0.29, 0.717) is 22.7 Å². The maximum Gasteiger partial charge on any atom is 0.328 e. The standard InChI is InChI=1S/C16H13N3O3/c1-22-12-5-2-4-11(10-12)15-13(6-7-14(20)21)16-17-8-3-9-19(16)18-15/h2-10H,1H3,(H,20,21)/b7-6+. The summed E-state index contributed by atoms with van der Waals surface area (Å²) in [6.45, 7) is 0. The highest BCUT2D eigenvalue weighted by Gasteiger charge is 2.14. The van der Waals surface area contributed by atoms with E-state index in [4.69, 9.17) is 9.84 Å². The molecule has 0 radical (unpaired) electrons. The Morgan fingerprint density at radius 2 is 2.23 bits per heavy atom. The smallest absolute Gasteiger partial charge is 0.328 e. The van der Waals surface area contributed by atoms with Crippen molar-refractivity contribution in [2.24, 2.45) is 0 Å². The number of ether oxygens (including phenoxy) is 1. The highest BCUT2D eigenvalue weighted by Crippen LogP contribution is 2.28. The first-order valence-electron chi connectivity index (χ1n) is 6.58. The molecule has 2 heterocycles. The van der Waals surface area contributed by atoms with Crippen molar-refractivity contribution >= 4 is 17.7 Å². The monoisotopic (exact) mass is 295 g/mol. The van der Waals surface area contributed by atoms with Gasteiger partial charge in [0.2, 0.25) is 0 Å². The van der Waals surface area contributed by atoms with Crippen molar-refractivity contribution in [1.82, 2.24) is 14.6 Å². The predicted molar refractivity (Wildman–Crippen MR) is 81.6 cm³/mol. The highest BCUT2D eigenvalue weighted by molar-refractivity contribution is 5.90. The molecule has 3 rings (SSSR count). The lowest BCUT2D eigenvalue weighted by Crippen LogP contribution is -1.88. The molecule has 0 fully saturated rings. The van der Waals surface area contributed by atoms with Gasteiger partial charge in [-0.2, -0.15) is 5.10 Å². The fraction of sp³-hybridized carbons (Fsp3) is 0.0625. The summed E-state index contributed by atoms with van der Waals surface area (Å²) in [6.07, 6.45) is 6.00.